The lowest BCUT2D eigenvalue weighted by Crippen LogP contribution is -2.48. The van der Waals surface area contributed by atoms with Gasteiger partial charge < -0.3 is 15.8 Å². The van der Waals surface area contributed by atoms with E-state index in [2.05, 4.69) is 22.3 Å². The molecule has 3 fully saturated rings. The van der Waals surface area contributed by atoms with Crippen molar-refractivity contribution in [3.05, 3.63) is 29.8 Å². The van der Waals surface area contributed by atoms with Crippen molar-refractivity contribution in [2.45, 2.75) is 50.6 Å². The molecule has 1 saturated heterocycles. The Morgan fingerprint density at radius 3 is 2.67 bits per heavy atom. The first-order valence-corrected chi connectivity index (χ1v) is 10.6. The fourth-order valence-electron chi connectivity index (χ4n) is 5.65. The van der Waals surface area contributed by atoms with Crippen LogP contribution in [0, 0.1) is 17.8 Å². The van der Waals surface area contributed by atoms with Gasteiger partial charge in [0.25, 0.3) is 0 Å². The van der Waals surface area contributed by atoms with Crippen LogP contribution in [0.15, 0.2) is 24.3 Å². The molecule has 2 aliphatic carbocycles. The molecule has 0 spiro atoms. The number of likely N-dealkylation sites (tertiary alicyclic amines) is 1. The summed E-state index contributed by atoms with van der Waals surface area (Å²) < 4.78 is 5.62. The number of nitrogens with two attached hydrogens (primary N) is 1. The second-order valence-electron chi connectivity index (χ2n) is 8.54. The Kier molecular flexibility index (Phi) is 5.69. The number of carbonyl (C=O) groups is 1. The van der Waals surface area contributed by atoms with Crippen molar-refractivity contribution < 1.29 is 9.53 Å². The zero-order valence-electron chi connectivity index (χ0n) is 16.4. The molecule has 1 heterocycles. The highest BCUT2D eigenvalue weighted by atomic mass is 16.5. The predicted octanol–water partition coefficient (Wildman–Crippen LogP) is 2.71. The molecule has 27 heavy (non-hydrogen) atoms. The molecule has 1 aliphatic heterocycles. The van der Waals surface area contributed by atoms with Crippen LogP contribution in [0.3, 0.4) is 0 Å². The minimum atomic E-state index is 0.00317. The van der Waals surface area contributed by atoms with E-state index in [9.17, 15) is 4.79 Å². The van der Waals surface area contributed by atoms with Crippen LogP contribution in [-0.4, -0.2) is 43.6 Å². The zero-order valence-corrected chi connectivity index (χ0v) is 16.4. The summed E-state index contributed by atoms with van der Waals surface area (Å²) in [6.07, 6.45) is 7.24. The van der Waals surface area contributed by atoms with Crippen LogP contribution in [0.2, 0.25) is 0 Å². The number of fused-ring (bicyclic) bond motifs is 2. The summed E-state index contributed by atoms with van der Waals surface area (Å²) in [5.41, 5.74) is 7.55. The Labute approximate surface area is 162 Å². The van der Waals surface area contributed by atoms with Crippen LogP contribution in [0.25, 0.3) is 0 Å². The van der Waals surface area contributed by atoms with Crippen LogP contribution < -0.4 is 15.8 Å². The van der Waals surface area contributed by atoms with E-state index in [-0.39, 0.29) is 23.9 Å². The molecule has 0 aromatic heterocycles. The number of benzene rings is 1. The molecule has 5 heteroatoms. The van der Waals surface area contributed by atoms with Crippen molar-refractivity contribution in [2.24, 2.45) is 23.5 Å². The highest BCUT2D eigenvalue weighted by molar-refractivity contribution is 5.80. The van der Waals surface area contributed by atoms with Crippen molar-refractivity contribution >= 4 is 5.91 Å². The third-order valence-corrected chi connectivity index (χ3v) is 7.08. The van der Waals surface area contributed by atoms with Gasteiger partial charge in [-0.3, -0.25) is 9.69 Å². The van der Waals surface area contributed by atoms with Crippen molar-refractivity contribution in [3.63, 3.8) is 0 Å². The SMILES string of the molecule is COc1ccccc1C(CNC(=O)C1C2CCC(C2)C1N)N1CCCCC1. The summed E-state index contributed by atoms with van der Waals surface area (Å²) in [4.78, 5) is 15.5. The first-order chi connectivity index (χ1) is 13.2. The lowest BCUT2D eigenvalue weighted by atomic mass is 9.84. The number of amides is 1. The molecule has 4 rings (SSSR count). The summed E-state index contributed by atoms with van der Waals surface area (Å²) in [6, 6.07) is 8.40. The number of ether oxygens (including phenoxy) is 1. The van der Waals surface area contributed by atoms with Gasteiger partial charge in [0.05, 0.1) is 19.1 Å². The first-order valence-electron chi connectivity index (χ1n) is 10.6. The third kappa shape index (κ3) is 3.72. The number of methoxy groups -OCH3 is 1. The maximum Gasteiger partial charge on any atom is 0.225 e. The average molecular weight is 372 g/mol. The predicted molar refractivity (Wildman–Crippen MR) is 106 cm³/mol. The molecule has 1 aromatic carbocycles. The van der Waals surface area contributed by atoms with Gasteiger partial charge >= 0.3 is 0 Å². The Morgan fingerprint density at radius 2 is 1.96 bits per heavy atom. The highest BCUT2D eigenvalue weighted by Crippen LogP contribution is 2.47. The van der Waals surface area contributed by atoms with E-state index in [0.717, 1.165) is 25.3 Å². The molecule has 5 atom stereocenters. The molecule has 2 saturated carbocycles. The van der Waals surface area contributed by atoms with Crippen LogP contribution in [0.1, 0.15) is 50.1 Å². The smallest absolute Gasteiger partial charge is 0.225 e. The minimum Gasteiger partial charge on any atom is -0.496 e. The van der Waals surface area contributed by atoms with E-state index >= 15 is 0 Å². The first kappa shape index (κ1) is 18.8. The normalized spacial score (nSPS) is 31.6. The number of nitrogens with one attached hydrogen (secondary N) is 1. The fourth-order valence-corrected chi connectivity index (χ4v) is 5.65. The van der Waals surface area contributed by atoms with E-state index in [0.29, 0.717) is 18.4 Å². The number of hydrogen-bond acceptors (Lipinski definition) is 4. The molecule has 3 N–H and O–H groups in total. The van der Waals surface area contributed by atoms with Crippen molar-refractivity contribution in [1.29, 1.82) is 0 Å². The van der Waals surface area contributed by atoms with Gasteiger partial charge in [-0.15, -0.1) is 0 Å². The Bertz CT molecular complexity index is 657. The largest absolute Gasteiger partial charge is 0.496 e. The van der Waals surface area contributed by atoms with Crippen molar-refractivity contribution in [1.82, 2.24) is 10.2 Å². The van der Waals surface area contributed by atoms with Crippen LogP contribution in [0.4, 0.5) is 0 Å². The van der Waals surface area contributed by atoms with E-state index in [1.807, 2.05) is 12.1 Å². The van der Waals surface area contributed by atoms with Gasteiger partial charge in [-0.2, -0.15) is 0 Å². The van der Waals surface area contributed by atoms with Gasteiger partial charge in [-0.1, -0.05) is 24.6 Å². The third-order valence-electron chi connectivity index (χ3n) is 7.08. The molecule has 5 nitrogen and oxygen atoms in total. The Morgan fingerprint density at radius 1 is 1.22 bits per heavy atom. The average Bonchev–Trinajstić information content (AvgIpc) is 3.30. The van der Waals surface area contributed by atoms with E-state index in [4.69, 9.17) is 10.5 Å². The monoisotopic (exact) mass is 371 g/mol. The van der Waals surface area contributed by atoms with Crippen LogP contribution in [-0.2, 0) is 4.79 Å². The lowest BCUT2D eigenvalue weighted by Gasteiger charge is -2.36. The van der Waals surface area contributed by atoms with E-state index in [1.165, 1.54) is 37.7 Å². The van der Waals surface area contributed by atoms with Gasteiger partial charge in [0.15, 0.2) is 0 Å². The van der Waals surface area contributed by atoms with Gasteiger partial charge in [0, 0.05) is 18.2 Å². The highest BCUT2D eigenvalue weighted by Gasteiger charge is 2.49. The summed E-state index contributed by atoms with van der Waals surface area (Å²) in [5, 5.41) is 3.27. The fraction of sp³-hybridized carbons (Fsp3) is 0.682. The molecule has 5 unspecified atom stereocenters. The summed E-state index contributed by atoms with van der Waals surface area (Å²) >= 11 is 0. The molecular formula is C22H33N3O2. The summed E-state index contributed by atoms with van der Waals surface area (Å²) in [7, 11) is 1.72. The topological polar surface area (TPSA) is 67.6 Å². The molecular weight excluding hydrogens is 338 g/mol. The van der Waals surface area contributed by atoms with Crippen LogP contribution >= 0.6 is 0 Å². The Balaban J connectivity index is 1.48. The second kappa shape index (κ2) is 8.19. The lowest BCUT2D eigenvalue weighted by molar-refractivity contribution is -0.127. The number of nitrogens with zero attached hydrogens (tertiary/aromatic N) is 1. The number of carbonyl (C=O) groups excluding carboxylic acids is 1. The number of hydrogen-bond donors (Lipinski definition) is 2. The Hall–Kier alpha value is -1.59. The summed E-state index contributed by atoms with van der Waals surface area (Å²) in [5.74, 6) is 2.11. The maximum absolute atomic E-state index is 13.0. The molecule has 2 bridgehead atoms. The van der Waals surface area contributed by atoms with Gasteiger partial charge in [0.2, 0.25) is 5.91 Å². The second-order valence-corrected chi connectivity index (χ2v) is 8.54. The minimum absolute atomic E-state index is 0.00317. The zero-order chi connectivity index (χ0) is 18.8. The number of rotatable bonds is 6. The van der Waals surface area contributed by atoms with Crippen molar-refractivity contribution in [3.8, 4) is 5.75 Å². The summed E-state index contributed by atoms with van der Waals surface area (Å²) in [6.45, 7) is 2.78. The van der Waals surface area contributed by atoms with Gasteiger partial charge in [0.1, 0.15) is 5.75 Å². The van der Waals surface area contributed by atoms with E-state index in [1.54, 1.807) is 7.11 Å². The molecule has 148 valence electrons. The molecule has 0 radical (unpaired) electrons. The molecule has 3 aliphatic rings. The maximum atomic E-state index is 13.0. The number of para-hydroxylation sites is 1. The van der Waals surface area contributed by atoms with E-state index < -0.39 is 0 Å². The standard InChI is InChI=1S/C22H33N3O2/c1-27-19-8-4-3-7-17(19)18(25-11-5-2-6-12-25)14-24-22(26)20-15-9-10-16(13-15)21(20)23/h3-4,7-8,15-16,18,20-21H,2,5-6,9-14,23H2,1H3,(H,24,26). The quantitative estimate of drug-likeness (QED) is 0.807. The number of piperidine rings is 1. The van der Waals surface area contributed by atoms with Gasteiger partial charge in [-0.25, -0.2) is 0 Å². The van der Waals surface area contributed by atoms with Gasteiger partial charge in [-0.05, 0) is 63.1 Å². The van der Waals surface area contributed by atoms with Crippen molar-refractivity contribution in [2.75, 3.05) is 26.7 Å². The molecule has 1 aromatic rings. The molecule has 1 amide bonds. The van der Waals surface area contributed by atoms with Crippen LogP contribution in [0.5, 0.6) is 5.75 Å².